The second kappa shape index (κ2) is 3.80. The maximum absolute atomic E-state index is 11.4. The molecule has 0 amide bonds. The van der Waals surface area contributed by atoms with Crippen LogP contribution in [0.25, 0.3) is 0 Å². The van der Waals surface area contributed by atoms with Crippen molar-refractivity contribution in [3.05, 3.63) is 0 Å². The molecule has 0 radical (unpaired) electrons. The largest absolute Gasteiger partial charge is 0.281 e. The van der Waals surface area contributed by atoms with Crippen molar-refractivity contribution in [2.75, 3.05) is 26.7 Å². The topological polar surface area (TPSA) is 64.4 Å². The van der Waals surface area contributed by atoms with Gasteiger partial charge < -0.3 is 0 Å². The summed E-state index contributed by atoms with van der Waals surface area (Å²) in [5.74, 6) is 0. The van der Waals surface area contributed by atoms with Gasteiger partial charge in [-0.05, 0) is 0 Å². The van der Waals surface area contributed by atoms with Gasteiger partial charge in [-0.1, -0.05) is 0 Å². The fourth-order valence-corrected chi connectivity index (χ4v) is 2.69. The molecule has 1 rings (SSSR count). The van der Waals surface area contributed by atoms with Crippen LogP contribution in [0.5, 0.6) is 0 Å². The molecule has 5 nitrogen and oxygen atoms in total. The van der Waals surface area contributed by atoms with E-state index >= 15 is 0 Å². The van der Waals surface area contributed by atoms with Crippen LogP contribution in [0.3, 0.4) is 0 Å². The van der Waals surface area contributed by atoms with E-state index in [1.807, 2.05) is 0 Å². The van der Waals surface area contributed by atoms with Gasteiger partial charge in [0, 0.05) is 26.7 Å². The van der Waals surface area contributed by atoms with Crippen LogP contribution in [-0.4, -0.2) is 49.1 Å². The third kappa shape index (κ3) is 2.11. The van der Waals surface area contributed by atoms with Crippen molar-refractivity contribution in [1.29, 1.82) is 5.26 Å². The van der Waals surface area contributed by atoms with Gasteiger partial charge in [-0.3, -0.25) is 0 Å². The van der Waals surface area contributed by atoms with Crippen LogP contribution >= 0.6 is 11.6 Å². The van der Waals surface area contributed by atoms with Gasteiger partial charge in [0.05, 0.1) is 6.07 Å². The van der Waals surface area contributed by atoms with Crippen molar-refractivity contribution >= 4 is 21.8 Å². The van der Waals surface area contributed by atoms with Gasteiger partial charge in [0.15, 0.2) is 0 Å². The molecule has 1 aliphatic heterocycles. The standard InChI is InChI=1S/C6H10ClN3O2S/c1-9-2-3-10(13(9,11)12)5-6(7)4-8/h6H,2-3,5H2,1H3. The Morgan fingerprint density at radius 2 is 2.23 bits per heavy atom. The molecule has 1 aliphatic rings. The second-order valence-electron chi connectivity index (χ2n) is 2.78. The molecule has 0 aromatic rings. The molecule has 0 saturated carbocycles. The minimum atomic E-state index is -3.34. The van der Waals surface area contributed by atoms with Crippen molar-refractivity contribution in [1.82, 2.24) is 8.61 Å². The van der Waals surface area contributed by atoms with E-state index in [0.717, 1.165) is 0 Å². The average Bonchev–Trinajstić information content (AvgIpc) is 2.31. The van der Waals surface area contributed by atoms with E-state index < -0.39 is 15.6 Å². The van der Waals surface area contributed by atoms with Gasteiger partial charge in [-0.25, -0.2) is 0 Å². The number of hydrogen-bond acceptors (Lipinski definition) is 3. The molecular weight excluding hydrogens is 214 g/mol. The first-order valence-corrected chi connectivity index (χ1v) is 5.57. The van der Waals surface area contributed by atoms with Gasteiger partial charge in [-0.15, -0.1) is 11.6 Å². The monoisotopic (exact) mass is 223 g/mol. The number of nitrogens with zero attached hydrogens (tertiary/aromatic N) is 3. The fraction of sp³-hybridized carbons (Fsp3) is 0.833. The molecular formula is C6H10ClN3O2S. The molecule has 1 heterocycles. The van der Waals surface area contributed by atoms with E-state index in [4.69, 9.17) is 16.9 Å². The van der Waals surface area contributed by atoms with Crippen LogP contribution in [-0.2, 0) is 10.2 Å². The van der Waals surface area contributed by atoms with Gasteiger partial charge in [0.2, 0.25) is 0 Å². The second-order valence-corrected chi connectivity index (χ2v) is 5.35. The SMILES string of the molecule is CN1CCN(CC(Cl)C#N)S1(=O)=O. The quantitative estimate of drug-likeness (QED) is 0.599. The fourth-order valence-electron chi connectivity index (χ4n) is 1.09. The summed E-state index contributed by atoms with van der Waals surface area (Å²) < 4.78 is 25.3. The molecule has 0 aromatic heterocycles. The summed E-state index contributed by atoms with van der Waals surface area (Å²) in [4.78, 5) is 0. The maximum atomic E-state index is 11.4. The first kappa shape index (κ1) is 10.7. The van der Waals surface area contributed by atoms with Gasteiger partial charge in [-0.2, -0.15) is 22.3 Å². The summed E-state index contributed by atoms with van der Waals surface area (Å²) in [5.41, 5.74) is 0. The summed E-state index contributed by atoms with van der Waals surface area (Å²) in [6.07, 6.45) is 0. The minimum absolute atomic E-state index is 0.0602. The minimum Gasteiger partial charge on any atom is -0.197 e. The molecule has 0 bridgehead atoms. The molecule has 74 valence electrons. The summed E-state index contributed by atoms with van der Waals surface area (Å²) in [7, 11) is -1.83. The van der Waals surface area contributed by atoms with E-state index in [1.165, 1.54) is 15.7 Å². The van der Waals surface area contributed by atoms with E-state index in [9.17, 15) is 8.42 Å². The van der Waals surface area contributed by atoms with Gasteiger partial charge >= 0.3 is 0 Å². The van der Waals surface area contributed by atoms with Crippen molar-refractivity contribution < 1.29 is 8.42 Å². The van der Waals surface area contributed by atoms with Crippen molar-refractivity contribution in [3.8, 4) is 6.07 Å². The Hall–Kier alpha value is -0.350. The third-order valence-corrected chi connectivity index (χ3v) is 4.08. The van der Waals surface area contributed by atoms with Crippen molar-refractivity contribution in [2.45, 2.75) is 5.38 Å². The predicted molar refractivity (Wildman–Crippen MR) is 48.4 cm³/mol. The summed E-state index contributed by atoms with van der Waals surface area (Å²) >= 11 is 5.53. The van der Waals surface area contributed by atoms with E-state index in [-0.39, 0.29) is 6.54 Å². The zero-order valence-corrected chi connectivity index (χ0v) is 8.72. The highest BCUT2D eigenvalue weighted by molar-refractivity contribution is 7.87. The van der Waals surface area contributed by atoms with Crippen molar-refractivity contribution in [2.24, 2.45) is 0 Å². The molecule has 0 spiro atoms. The number of nitriles is 1. The molecule has 0 N–H and O–H groups in total. The smallest absolute Gasteiger partial charge is 0.197 e. The Balaban J connectivity index is 2.70. The average molecular weight is 224 g/mol. The first-order valence-electron chi connectivity index (χ1n) is 3.73. The van der Waals surface area contributed by atoms with E-state index in [0.29, 0.717) is 13.1 Å². The highest BCUT2D eigenvalue weighted by Gasteiger charge is 2.34. The zero-order valence-electron chi connectivity index (χ0n) is 7.14. The normalized spacial score (nSPS) is 25.6. The van der Waals surface area contributed by atoms with Crippen LogP contribution < -0.4 is 0 Å². The molecule has 13 heavy (non-hydrogen) atoms. The number of likely N-dealkylation sites (N-methyl/N-ethyl adjacent to an activating group) is 1. The molecule has 1 unspecified atom stereocenters. The predicted octanol–water partition coefficient (Wildman–Crippen LogP) is -0.390. The lowest BCUT2D eigenvalue weighted by atomic mass is 10.4. The number of hydrogen-bond donors (Lipinski definition) is 0. The highest BCUT2D eigenvalue weighted by atomic mass is 35.5. The molecule has 1 fully saturated rings. The number of alkyl halides is 1. The Morgan fingerprint density at radius 3 is 2.62 bits per heavy atom. The van der Waals surface area contributed by atoms with Crippen molar-refractivity contribution in [3.63, 3.8) is 0 Å². The molecule has 0 aromatic carbocycles. The van der Waals surface area contributed by atoms with Crippen LogP contribution in [0.1, 0.15) is 0 Å². The van der Waals surface area contributed by atoms with Gasteiger partial charge in [0.1, 0.15) is 5.38 Å². The Bertz CT molecular complexity index is 323. The lowest BCUT2D eigenvalue weighted by Gasteiger charge is -2.15. The van der Waals surface area contributed by atoms with Crippen LogP contribution in [0.15, 0.2) is 0 Å². The summed E-state index contributed by atoms with van der Waals surface area (Å²) in [6.45, 7) is 0.922. The lowest BCUT2D eigenvalue weighted by Crippen LogP contribution is -2.34. The zero-order chi connectivity index (χ0) is 10.1. The molecule has 0 aliphatic carbocycles. The lowest BCUT2D eigenvalue weighted by molar-refractivity contribution is 0.457. The van der Waals surface area contributed by atoms with Gasteiger partial charge in [0.25, 0.3) is 10.2 Å². The Morgan fingerprint density at radius 1 is 1.62 bits per heavy atom. The molecule has 1 saturated heterocycles. The van der Waals surface area contributed by atoms with Crippen LogP contribution in [0.2, 0.25) is 0 Å². The highest BCUT2D eigenvalue weighted by Crippen LogP contribution is 2.15. The number of halogens is 1. The third-order valence-electron chi connectivity index (χ3n) is 1.89. The van der Waals surface area contributed by atoms with E-state index in [1.54, 1.807) is 6.07 Å². The Kier molecular flexibility index (Phi) is 3.14. The summed E-state index contributed by atoms with van der Waals surface area (Å²) in [5, 5.41) is 7.64. The van der Waals surface area contributed by atoms with E-state index in [2.05, 4.69) is 0 Å². The number of rotatable bonds is 2. The van der Waals surface area contributed by atoms with Crippen LogP contribution in [0.4, 0.5) is 0 Å². The van der Waals surface area contributed by atoms with Crippen LogP contribution in [0, 0.1) is 11.3 Å². The molecule has 1 atom stereocenters. The maximum Gasteiger partial charge on any atom is 0.281 e. The molecule has 7 heteroatoms. The Labute approximate surface area is 82.7 Å². The summed E-state index contributed by atoms with van der Waals surface area (Å²) in [6, 6.07) is 1.79. The first-order chi connectivity index (χ1) is 5.98.